The molecule has 194 valence electrons. The molecule has 2 aromatic rings. The Bertz CT molecular complexity index is 982. The van der Waals surface area contributed by atoms with E-state index in [-0.39, 0.29) is 5.41 Å². The molecule has 0 spiro atoms. The van der Waals surface area contributed by atoms with Gasteiger partial charge in [-0.15, -0.1) is 11.6 Å². The molecule has 0 heterocycles. The van der Waals surface area contributed by atoms with Crippen LogP contribution in [0.4, 0.5) is 0 Å². The number of nitrogens with zero attached hydrogens (tertiary/aromatic N) is 1. The summed E-state index contributed by atoms with van der Waals surface area (Å²) in [4.78, 5) is 12.2. The normalized spacial score (nSPS) is 20.6. The van der Waals surface area contributed by atoms with Crippen LogP contribution < -0.4 is 4.74 Å². The summed E-state index contributed by atoms with van der Waals surface area (Å²) in [5.74, 6) is 1.00. The third-order valence-corrected chi connectivity index (χ3v) is 8.02. The highest BCUT2D eigenvalue weighted by atomic mass is 35.5. The van der Waals surface area contributed by atoms with Gasteiger partial charge in [-0.05, 0) is 79.2 Å². The molecule has 36 heavy (non-hydrogen) atoms. The number of benzene rings is 2. The van der Waals surface area contributed by atoms with Crippen molar-refractivity contribution in [2.75, 3.05) is 0 Å². The van der Waals surface area contributed by atoms with Gasteiger partial charge in [-0.25, -0.2) is 0 Å². The van der Waals surface area contributed by atoms with Gasteiger partial charge >= 0.3 is 5.97 Å². The van der Waals surface area contributed by atoms with Gasteiger partial charge in [0, 0.05) is 0 Å². The van der Waals surface area contributed by atoms with Crippen LogP contribution in [-0.4, -0.2) is 11.3 Å². The number of esters is 1. The lowest BCUT2D eigenvalue weighted by molar-refractivity contribution is -0.134. The van der Waals surface area contributed by atoms with Crippen LogP contribution in [0.2, 0.25) is 0 Å². The summed E-state index contributed by atoms with van der Waals surface area (Å²) in [5, 5.41) is 9.28. The summed E-state index contributed by atoms with van der Waals surface area (Å²) in [6.45, 7) is 6.31. The third kappa shape index (κ3) is 8.10. The van der Waals surface area contributed by atoms with Gasteiger partial charge in [0.25, 0.3) is 0 Å². The standard InChI is InChI=1S/C32H42ClNO2/c1-4-5-6-7-8-19-32(23-34)20-17-28(18-21-32)26-11-9-25(10-12-26)27-13-15-29(16-14-27)36-31(35)30(33)22-24(2)3/h9-16,24,28,30H,4-8,17-22H2,1-3H3. The molecule has 1 aliphatic carbocycles. The third-order valence-electron chi connectivity index (χ3n) is 7.66. The van der Waals surface area contributed by atoms with E-state index in [0.29, 0.717) is 24.0 Å². The van der Waals surface area contributed by atoms with E-state index in [4.69, 9.17) is 16.3 Å². The van der Waals surface area contributed by atoms with Gasteiger partial charge in [-0.3, -0.25) is 4.79 Å². The topological polar surface area (TPSA) is 50.1 Å². The number of rotatable bonds is 12. The lowest BCUT2D eigenvalue weighted by Gasteiger charge is -2.35. The average Bonchev–Trinajstić information content (AvgIpc) is 2.89. The molecule has 0 bridgehead atoms. The molecule has 0 aliphatic heterocycles. The number of carbonyl (C=O) groups is 1. The van der Waals surface area contributed by atoms with E-state index in [1.54, 1.807) is 0 Å². The first-order chi connectivity index (χ1) is 17.4. The second kappa shape index (κ2) is 13.8. The van der Waals surface area contributed by atoms with Crippen LogP contribution in [0, 0.1) is 22.7 Å². The summed E-state index contributed by atoms with van der Waals surface area (Å²) in [6, 6.07) is 19.1. The molecular formula is C32H42ClNO2. The molecular weight excluding hydrogens is 466 g/mol. The zero-order chi connectivity index (χ0) is 26.0. The van der Waals surface area contributed by atoms with Crippen LogP contribution in [0.1, 0.15) is 103 Å². The fraction of sp³-hybridized carbons (Fsp3) is 0.562. The summed E-state index contributed by atoms with van der Waals surface area (Å²) in [6.07, 6.45) is 12.2. The first kappa shape index (κ1) is 28.3. The lowest BCUT2D eigenvalue weighted by Crippen LogP contribution is -2.25. The molecule has 0 aromatic heterocycles. The Kier molecular flexibility index (Phi) is 10.9. The maximum absolute atomic E-state index is 12.2. The van der Waals surface area contributed by atoms with Crippen molar-refractivity contribution in [2.45, 2.75) is 103 Å². The first-order valence-corrected chi connectivity index (χ1v) is 14.3. The van der Waals surface area contributed by atoms with Gasteiger partial charge in [0.1, 0.15) is 11.1 Å². The van der Waals surface area contributed by atoms with Crippen molar-refractivity contribution in [3.63, 3.8) is 0 Å². The molecule has 2 aromatic carbocycles. The van der Waals surface area contributed by atoms with E-state index in [0.717, 1.165) is 43.2 Å². The number of hydrogen-bond acceptors (Lipinski definition) is 3. The Hall–Kier alpha value is -2.31. The van der Waals surface area contributed by atoms with Crippen molar-refractivity contribution in [3.8, 4) is 22.9 Å². The Labute approximate surface area is 223 Å². The minimum Gasteiger partial charge on any atom is -0.425 e. The highest BCUT2D eigenvalue weighted by molar-refractivity contribution is 6.30. The molecule has 0 saturated heterocycles. The Morgan fingerprint density at radius 3 is 2.14 bits per heavy atom. The van der Waals surface area contributed by atoms with E-state index < -0.39 is 11.3 Å². The van der Waals surface area contributed by atoms with Crippen LogP contribution in [0.25, 0.3) is 11.1 Å². The fourth-order valence-electron chi connectivity index (χ4n) is 5.34. The maximum atomic E-state index is 12.2. The van der Waals surface area contributed by atoms with E-state index in [9.17, 15) is 10.1 Å². The minimum absolute atomic E-state index is 0.105. The van der Waals surface area contributed by atoms with Crippen molar-refractivity contribution in [1.82, 2.24) is 0 Å². The zero-order valence-electron chi connectivity index (χ0n) is 22.3. The number of hydrogen-bond donors (Lipinski definition) is 0. The highest BCUT2D eigenvalue weighted by Gasteiger charge is 2.35. The largest absolute Gasteiger partial charge is 0.425 e. The molecule has 4 heteroatoms. The number of nitriles is 1. The van der Waals surface area contributed by atoms with Crippen LogP contribution >= 0.6 is 11.6 Å². The van der Waals surface area contributed by atoms with E-state index in [1.807, 2.05) is 38.1 Å². The predicted octanol–water partition coefficient (Wildman–Crippen LogP) is 9.44. The number of carbonyl (C=O) groups excluding carboxylic acids is 1. The minimum atomic E-state index is -0.624. The Morgan fingerprint density at radius 1 is 1.00 bits per heavy atom. The van der Waals surface area contributed by atoms with Crippen LogP contribution in [-0.2, 0) is 4.79 Å². The van der Waals surface area contributed by atoms with Gasteiger partial charge in [-0.2, -0.15) is 5.26 Å². The first-order valence-electron chi connectivity index (χ1n) is 13.8. The Balaban J connectivity index is 1.52. The van der Waals surface area contributed by atoms with Crippen molar-refractivity contribution in [2.24, 2.45) is 11.3 Å². The van der Waals surface area contributed by atoms with Gasteiger partial charge < -0.3 is 4.74 Å². The monoisotopic (exact) mass is 507 g/mol. The molecule has 0 radical (unpaired) electrons. The maximum Gasteiger partial charge on any atom is 0.329 e. The van der Waals surface area contributed by atoms with Gasteiger partial charge in [0.15, 0.2) is 0 Å². The molecule has 1 saturated carbocycles. The molecule has 1 aliphatic rings. The van der Waals surface area contributed by atoms with Crippen LogP contribution in [0.15, 0.2) is 48.5 Å². The molecule has 1 atom stereocenters. The zero-order valence-corrected chi connectivity index (χ0v) is 23.0. The number of halogens is 1. The summed E-state index contributed by atoms with van der Waals surface area (Å²) in [5.41, 5.74) is 3.49. The number of alkyl halides is 1. The second-order valence-corrected chi connectivity index (χ2v) is 11.5. The molecule has 1 fully saturated rings. The van der Waals surface area contributed by atoms with Crippen molar-refractivity contribution < 1.29 is 9.53 Å². The molecule has 0 amide bonds. The SMILES string of the molecule is CCCCCCCC1(C#N)CCC(c2ccc(-c3ccc(OC(=O)C(Cl)CC(C)C)cc3)cc2)CC1. The summed E-state index contributed by atoms with van der Waals surface area (Å²) < 4.78 is 5.44. The number of ether oxygens (including phenoxy) is 1. The van der Waals surface area contributed by atoms with Crippen molar-refractivity contribution in [1.29, 1.82) is 5.26 Å². The van der Waals surface area contributed by atoms with E-state index in [1.165, 1.54) is 37.7 Å². The molecule has 3 rings (SSSR count). The lowest BCUT2D eigenvalue weighted by atomic mass is 9.67. The summed E-state index contributed by atoms with van der Waals surface area (Å²) >= 11 is 6.15. The van der Waals surface area contributed by atoms with Gasteiger partial charge in [0.2, 0.25) is 0 Å². The second-order valence-electron chi connectivity index (χ2n) is 11.0. The quantitative estimate of drug-likeness (QED) is 0.124. The van der Waals surface area contributed by atoms with Gasteiger partial charge in [-0.1, -0.05) is 89.3 Å². The molecule has 0 N–H and O–H groups in total. The smallest absolute Gasteiger partial charge is 0.329 e. The van der Waals surface area contributed by atoms with E-state index >= 15 is 0 Å². The van der Waals surface area contributed by atoms with Crippen molar-refractivity contribution in [3.05, 3.63) is 54.1 Å². The molecule has 1 unspecified atom stereocenters. The van der Waals surface area contributed by atoms with E-state index in [2.05, 4.69) is 37.3 Å². The molecule has 3 nitrogen and oxygen atoms in total. The highest BCUT2D eigenvalue weighted by Crippen LogP contribution is 2.46. The van der Waals surface area contributed by atoms with Gasteiger partial charge in [0.05, 0.1) is 11.5 Å². The average molecular weight is 508 g/mol. The fourth-order valence-corrected chi connectivity index (χ4v) is 5.74. The van der Waals surface area contributed by atoms with Crippen molar-refractivity contribution >= 4 is 17.6 Å². The van der Waals surface area contributed by atoms with Crippen LogP contribution in [0.3, 0.4) is 0 Å². The van der Waals surface area contributed by atoms with Crippen LogP contribution in [0.5, 0.6) is 5.75 Å². The predicted molar refractivity (Wildman–Crippen MR) is 149 cm³/mol. The Morgan fingerprint density at radius 2 is 1.58 bits per heavy atom. The summed E-state index contributed by atoms with van der Waals surface area (Å²) in [7, 11) is 0. The number of unbranched alkanes of at least 4 members (excludes halogenated alkanes) is 4.